The van der Waals surface area contributed by atoms with E-state index in [4.69, 9.17) is 4.74 Å². The molecular formula is C15H18O3. The van der Waals surface area contributed by atoms with E-state index in [-0.39, 0.29) is 23.6 Å². The third kappa shape index (κ3) is 2.61. The Kier molecular flexibility index (Phi) is 4.13. The van der Waals surface area contributed by atoms with Gasteiger partial charge in [-0.1, -0.05) is 36.8 Å². The molecule has 0 N–H and O–H groups in total. The smallest absolute Gasteiger partial charge is 0.309 e. The van der Waals surface area contributed by atoms with Crippen LogP contribution in [0.4, 0.5) is 0 Å². The van der Waals surface area contributed by atoms with Gasteiger partial charge in [0.25, 0.3) is 0 Å². The molecule has 0 aliphatic heterocycles. The van der Waals surface area contributed by atoms with Crippen LogP contribution in [0.3, 0.4) is 0 Å². The van der Waals surface area contributed by atoms with Gasteiger partial charge in [-0.2, -0.15) is 0 Å². The number of benzene rings is 1. The number of Topliss-reactive ketones (excluding diaryl/α,β-unsaturated/α-hetero) is 1. The van der Waals surface area contributed by atoms with Gasteiger partial charge in [0.1, 0.15) is 0 Å². The molecule has 0 spiro atoms. The van der Waals surface area contributed by atoms with Gasteiger partial charge in [-0.05, 0) is 19.8 Å². The summed E-state index contributed by atoms with van der Waals surface area (Å²) in [4.78, 5) is 24.2. The number of esters is 1. The molecule has 1 saturated carbocycles. The normalized spacial score (nSPS) is 22.7. The monoisotopic (exact) mass is 246 g/mol. The summed E-state index contributed by atoms with van der Waals surface area (Å²) in [5, 5.41) is 0. The lowest BCUT2D eigenvalue weighted by atomic mass is 9.88. The van der Waals surface area contributed by atoms with E-state index in [1.807, 2.05) is 30.3 Å². The van der Waals surface area contributed by atoms with E-state index >= 15 is 0 Å². The van der Waals surface area contributed by atoms with E-state index in [0.717, 1.165) is 19.3 Å². The fourth-order valence-electron chi connectivity index (χ4n) is 2.62. The van der Waals surface area contributed by atoms with Crippen molar-refractivity contribution in [2.45, 2.75) is 26.2 Å². The van der Waals surface area contributed by atoms with Gasteiger partial charge in [-0.25, -0.2) is 0 Å². The molecule has 0 aromatic heterocycles. The van der Waals surface area contributed by atoms with E-state index in [1.165, 1.54) is 0 Å². The zero-order valence-electron chi connectivity index (χ0n) is 10.6. The number of rotatable bonds is 4. The Hall–Kier alpha value is -1.64. The van der Waals surface area contributed by atoms with Gasteiger partial charge in [-0.3, -0.25) is 9.59 Å². The van der Waals surface area contributed by atoms with Crippen LogP contribution in [0.2, 0.25) is 0 Å². The number of carbonyl (C=O) groups is 2. The summed E-state index contributed by atoms with van der Waals surface area (Å²) in [6.07, 6.45) is 2.48. The van der Waals surface area contributed by atoms with Crippen LogP contribution in [0.1, 0.15) is 36.5 Å². The fourth-order valence-corrected chi connectivity index (χ4v) is 2.62. The molecule has 3 nitrogen and oxygen atoms in total. The van der Waals surface area contributed by atoms with Crippen molar-refractivity contribution >= 4 is 11.8 Å². The molecular weight excluding hydrogens is 228 g/mol. The molecule has 0 saturated heterocycles. The van der Waals surface area contributed by atoms with Crippen LogP contribution in [-0.2, 0) is 9.53 Å². The second-order valence-corrected chi connectivity index (χ2v) is 4.63. The van der Waals surface area contributed by atoms with Crippen molar-refractivity contribution < 1.29 is 14.3 Å². The quantitative estimate of drug-likeness (QED) is 0.606. The van der Waals surface area contributed by atoms with Gasteiger partial charge in [0, 0.05) is 11.5 Å². The van der Waals surface area contributed by atoms with Crippen molar-refractivity contribution in [3.8, 4) is 0 Å². The summed E-state index contributed by atoms with van der Waals surface area (Å²) in [5.74, 6) is -0.598. The Morgan fingerprint density at radius 1 is 1.17 bits per heavy atom. The molecule has 18 heavy (non-hydrogen) atoms. The minimum absolute atomic E-state index is 0.0751. The van der Waals surface area contributed by atoms with Crippen molar-refractivity contribution in [2.75, 3.05) is 6.61 Å². The zero-order valence-corrected chi connectivity index (χ0v) is 10.6. The van der Waals surface area contributed by atoms with Gasteiger partial charge in [0.15, 0.2) is 5.78 Å². The Balaban J connectivity index is 2.12. The molecule has 96 valence electrons. The molecule has 0 heterocycles. The number of carbonyl (C=O) groups excluding carboxylic acids is 2. The average Bonchev–Trinajstić information content (AvgIpc) is 2.88. The molecule has 1 aliphatic rings. The molecule has 0 amide bonds. The predicted octanol–water partition coefficient (Wildman–Crippen LogP) is 2.85. The molecule has 0 bridgehead atoms. The van der Waals surface area contributed by atoms with Gasteiger partial charge in [0.2, 0.25) is 0 Å². The summed E-state index contributed by atoms with van der Waals surface area (Å²) in [6, 6.07) is 9.20. The zero-order chi connectivity index (χ0) is 13.0. The lowest BCUT2D eigenvalue weighted by molar-refractivity contribution is -0.148. The highest BCUT2D eigenvalue weighted by atomic mass is 16.5. The van der Waals surface area contributed by atoms with Crippen molar-refractivity contribution in [1.29, 1.82) is 0 Å². The summed E-state index contributed by atoms with van der Waals surface area (Å²) in [7, 11) is 0. The Labute approximate surface area is 107 Å². The second-order valence-electron chi connectivity index (χ2n) is 4.63. The number of ketones is 1. The van der Waals surface area contributed by atoms with Gasteiger partial charge < -0.3 is 4.74 Å². The van der Waals surface area contributed by atoms with Crippen molar-refractivity contribution in [3.05, 3.63) is 35.9 Å². The standard InChI is InChI=1S/C15H18O3/c1-2-18-15(17)13-10-6-9-12(13)14(16)11-7-4-3-5-8-11/h3-5,7-8,12-13H,2,6,9-10H2,1H3/t12-,13+/m1/s1. The van der Waals surface area contributed by atoms with Crippen molar-refractivity contribution in [3.63, 3.8) is 0 Å². The van der Waals surface area contributed by atoms with E-state index in [2.05, 4.69) is 0 Å². The largest absolute Gasteiger partial charge is 0.466 e. The maximum atomic E-state index is 12.4. The van der Waals surface area contributed by atoms with Gasteiger partial charge >= 0.3 is 5.97 Å². The summed E-state index contributed by atoms with van der Waals surface area (Å²) in [6.45, 7) is 2.17. The van der Waals surface area contributed by atoms with Gasteiger partial charge in [-0.15, -0.1) is 0 Å². The molecule has 2 rings (SSSR count). The molecule has 2 atom stereocenters. The SMILES string of the molecule is CCOC(=O)[C@H]1CCC[C@H]1C(=O)c1ccccc1. The highest BCUT2D eigenvalue weighted by Crippen LogP contribution is 2.35. The number of ether oxygens (including phenoxy) is 1. The summed E-state index contributed by atoms with van der Waals surface area (Å²) >= 11 is 0. The topological polar surface area (TPSA) is 43.4 Å². The van der Waals surface area contributed by atoms with Crippen LogP contribution in [0, 0.1) is 11.8 Å². The minimum Gasteiger partial charge on any atom is -0.466 e. The predicted molar refractivity (Wildman–Crippen MR) is 68.2 cm³/mol. The fraction of sp³-hybridized carbons (Fsp3) is 0.467. The first-order valence-electron chi connectivity index (χ1n) is 6.50. The lowest BCUT2D eigenvalue weighted by Crippen LogP contribution is -2.27. The third-order valence-electron chi connectivity index (χ3n) is 3.50. The van der Waals surface area contributed by atoms with E-state index in [0.29, 0.717) is 12.2 Å². The van der Waals surface area contributed by atoms with Crippen LogP contribution in [0.15, 0.2) is 30.3 Å². The highest BCUT2D eigenvalue weighted by Gasteiger charge is 2.38. The molecule has 0 unspecified atom stereocenters. The first-order chi connectivity index (χ1) is 8.74. The van der Waals surface area contributed by atoms with Crippen LogP contribution in [-0.4, -0.2) is 18.4 Å². The second kappa shape index (κ2) is 5.80. The lowest BCUT2D eigenvalue weighted by Gasteiger charge is -2.16. The molecule has 1 aliphatic carbocycles. The van der Waals surface area contributed by atoms with Crippen LogP contribution in [0.25, 0.3) is 0 Å². The van der Waals surface area contributed by atoms with Crippen LogP contribution >= 0.6 is 0 Å². The Morgan fingerprint density at radius 2 is 1.83 bits per heavy atom. The summed E-state index contributed by atoms with van der Waals surface area (Å²) < 4.78 is 5.05. The Bertz CT molecular complexity index is 425. The molecule has 1 fully saturated rings. The summed E-state index contributed by atoms with van der Waals surface area (Å²) in [5.41, 5.74) is 0.693. The molecule has 0 radical (unpaired) electrons. The van der Waals surface area contributed by atoms with Crippen LogP contribution in [0.5, 0.6) is 0 Å². The Morgan fingerprint density at radius 3 is 2.50 bits per heavy atom. The molecule has 1 aromatic rings. The number of hydrogen-bond acceptors (Lipinski definition) is 3. The van der Waals surface area contributed by atoms with Gasteiger partial charge in [0.05, 0.1) is 12.5 Å². The number of hydrogen-bond donors (Lipinski definition) is 0. The third-order valence-corrected chi connectivity index (χ3v) is 3.50. The van der Waals surface area contributed by atoms with Crippen molar-refractivity contribution in [1.82, 2.24) is 0 Å². The molecule has 1 aromatic carbocycles. The maximum Gasteiger partial charge on any atom is 0.309 e. The minimum atomic E-state index is -0.252. The van der Waals surface area contributed by atoms with Crippen LogP contribution < -0.4 is 0 Å². The van der Waals surface area contributed by atoms with E-state index in [9.17, 15) is 9.59 Å². The maximum absolute atomic E-state index is 12.4. The first kappa shape index (κ1) is 12.8. The first-order valence-corrected chi connectivity index (χ1v) is 6.50. The van der Waals surface area contributed by atoms with Crippen molar-refractivity contribution in [2.24, 2.45) is 11.8 Å². The highest BCUT2D eigenvalue weighted by molar-refractivity contribution is 6.00. The van der Waals surface area contributed by atoms with E-state index in [1.54, 1.807) is 6.92 Å². The molecule has 3 heteroatoms. The van der Waals surface area contributed by atoms with E-state index < -0.39 is 0 Å². The average molecular weight is 246 g/mol.